The zero-order chi connectivity index (χ0) is 15.3. The highest BCUT2D eigenvalue weighted by molar-refractivity contribution is 7.99. The first kappa shape index (κ1) is 14.9. The number of nitrogens with one attached hydrogen (secondary N) is 1. The van der Waals surface area contributed by atoms with E-state index in [-0.39, 0.29) is 11.9 Å². The Hall–Kier alpha value is -1.04. The van der Waals surface area contributed by atoms with Gasteiger partial charge < -0.3 is 16.2 Å². The van der Waals surface area contributed by atoms with Crippen molar-refractivity contribution in [1.82, 2.24) is 5.32 Å². The largest absolute Gasteiger partial charge is 0.392 e. The highest BCUT2D eigenvalue weighted by Gasteiger charge is 2.62. The van der Waals surface area contributed by atoms with Gasteiger partial charge in [-0.2, -0.15) is 0 Å². The van der Waals surface area contributed by atoms with Crippen LogP contribution in [0.1, 0.15) is 38.3 Å². The molecule has 1 heterocycles. The molecule has 1 unspecified atom stereocenters. The summed E-state index contributed by atoms with van der Waals surface area (Å²) in [5, 5.41) is 13.0. The minimum atomic E-state index is -0.980. The molecule has 3 rings (SSSR count). The molecule has 5 heteroatoms. The fourth-order valence-electron chi connectivity index (χ4n) is 3.15. The number of carbonyl (C=O) groups is 1. The maximum Gasteiger partial charge on any atom is 0.241 e. The van der Waals surface area contributed by atoms with E-state index in [9.17, 15) is 9.90 Å². The minimum Gasteiger partial charge on any atom is -0.392 e. The molecule has 2 aliphatic rings. The molecule has 1 aromatic rings. The Morgan fingerprint density at radius 2 is 2.14 bits per heavy atom. The molecule has 1 amide bonds. The van der Waals surface area contributed by atoms with Gasteiger partial charge in [0.25, 0.3) is 0 Å². The van der Waals surface area contributed by atoms with Crippen LogP contribution in [0.3, 0.4) is 0 Å². The van der Waals surface area contributed by atoms with Crippen LogP contribution in [0.15, 0.2) is 29.2 Å². The van der Waals surface area contributed by atoms with Crippen LogP contribution in [0.4, 0.5) is 0 Å². The lowest BCUT2D eigenvalue weighted by Crippen LogP contribution is -2.75. The van der Waals surface area contributed by atoms with Gasteiger partial charge in [0.05, 0.1) is 12.1 Å². The van der Waals surface area contributed by atoms with Gasteiger partial charge in [-0.1, -0.05) is 32.0 Å². The Morgan fingerprint density at radius 3 is 2.81 bits per heavy atom. The second-order valence-electron chi connectivity index (χ2n) is 6.61. The number of fused-ring (bicyclic) bond motifs is 1. The highest BCUT2D eigenvalue weighted by atomic mass is 32.2. The van der Waals surface area contributed by atoms with Gasteiger partial charge >= 0.3 is 0 Å². The topological polar surface area (TPSA) is 75.3 Å². The summed E-state index contributed by atoms with van der Waals surface area (Å²) in [5.41, 5.74) is 5.88. The molecule has 21 heavy (non-hydrogen) atoms. The normalized spacial score (nSPS) is 33.7. The zero-order valence-corrected chi connectivity index (χ0v) is 13.2. The average molecular weight is 306 g/mol. The first-order valence-corrected chi connectivity index (χ1v) is 8.34. The van der Waals surface area contributed by atoms with Crippen LogP contribution in [-0.2, 0) is 4.79 Å². The number of benzene rings is 1. The van der Waals surface area contributed by atoms with Crippen molar-refractivity contribution in [3.8, 4) is 0 Å². The third kappa shape index (κ3) is 2.18. The standard InChI is InChI=1S/C16H22N2O2S/c1-15(2)13(19)9-16(15,17)14(20)18-11-7-8-21-12-6-4-3-5-10(11)12/h3-6,11,13,19H,7-9,17H2,1-2H3,(H,18,20)/t11?,13-,16-/m0/s1. The van der Waals surface area contributed by atoms with E-state index in [1.807, 2.05) is 37.7 Å². The third-order valence-corrected chi connectivity index (χ3v) is 6.29. The number of nitrogens with two attached hydrogens (primary N) is 1. The summed E-state index contributed by atoms with van der Waals surface area (Å²) in [5.74, 6) is 0.843. The van der Waals surface area contributed by atoms with Gasteiger partial charge in [0.2, 0.25) is 5.91 Å². The maximum atomic E-state index is 12.6. The van der Waals surface area contributed by atoms with Crippen LogP contribution in [0, 0.1) is 5.41 Å². The summed E-state index contributed by atoms with van der Waals surface area (Å²) in [6.45, 7) is 3.71. The summed E-state index contributed by atoms with van der Waals surface area (Å²) >= 11 is 1.82. The number of hydrogen-bond donors (Lipinski definition) is 3. The monoisotopic (exact) mass is 306 g/mol. The van der Waals surface area contributed by atoms with Crippen LogP contribution in [0.5, 0.6) is 0 Å². The van der Waals surface area contributed by atoms with Crippen LogP contribution in [0.2, 0.25) is 0 Å². The summed E-state index contributed by atoms with van der Waals surface area (Å²) in [6.07, 6.45) is 0.726. The zero-order valence-electron chi connectivity index (χ0n) is 12.4. The minimum absolute atomic E-state index is 0.0175. The SMILES string of the molecule is CC1(C)[C@@H](O)C[C@]1(N)C(=O)NC1CCSc2ccccc21. The van der Waals surface area contributed by atoms with Gasteiger partial charge in [-0.3, -0.25) is 4.79 Å². The number of amides is 1. The van der Waals surface area contributed by atoms with Crippen molar-refractivity contribution in [3.05, 3.63) is 29.8 Å². The number of aliphatic hydroxyl groups is 1. The van der Waals surface area contributed by atoms with Crippen LogP contribution in [0.25, 0.3) is 0 Å². The van der Waals surface area contributed by atoms with Gasteiger partial charge in [0.1, 0.15) is 5.54 Å². The van der Waals surface area contributed by atoms with E-state index in [1.165, 1.54) is 10.5 Å². The summed E-state index contributed by atoms with van der Waals surface area (Å²) < 4.78 is 0. The van der Waals surface area contributed by atoms with E-state index in [4.69, 9.17) is 5.73 Å². The average Bonchev–Trinajstić information content (AvgIpc) is 2.47. The maximum absolute atomic E-state index is 12.6. The molecule has 0 aromatic heterocycles. The Labute approximate surface area is 129 Å². The lowest BCUT2D eigenvalue weighted by molar-refractivity contribution is -0.159. The lowest BCUT2D eigenvalue weighted by atomic mass is 9.54. The van der Waals surface area contributed by atoms with Crippen molar-refractivity contribution in [2.75, 3.05) is 5.75 Å². The quantitative estimate of drug-likeness (QED) is 0.779. The van der Waals surface area contributed by atoms with E-state index in [0.29, 0.717) is 6.42 Å². The van der Waals surface area contributed by atoms with E-state index in [0.717, 1.165) is 12.2 Å². The Bertz CT molecular complexity index is 575. The number of aliphatic hydroxyl groups excluding tert-OH is 1. The fourth-order valence-corrected chi connectivity index (χ4v) is 4.28. The highest BCUT2D eigenvalue weighted by Crippen LogP contribution is 2.48. The van der Waals surface area contributed by atoms with E-state index >= 15 is 0 Å². The molecule has 114 valence electrons. The second-order valence-corrected chi connectivity index (χ2v) is 7.75. The second kappa shape index (κ2) is 5.00. The van der Waals surface area contributed by atoms with E-state index < -0.39 is 17.1 Å². The molecular weight excluding hydrogens is 284 g/mol. The number of hydrogen-bond acceptors (Lipinski definition) is 4. The molecule has 4 N–H and O–H groups in total. The van der Waals surface area contributed by atoms with Crippen LogP contribution in [-0.4, -0.2) is 28.4 Å². The van der Waals surface area contributed by atoms with Crippen molar-refractivity contribution in [2.24, 2.45) is 11.1 Å². The molecule has 4 nitrogen and oxygen atoms in total. The van der Waals surface area contributed by atoms with Gasteiger partial charge in [0.15, 0.2) is 0 Å². The summed E-state index contributed by atoms with van der Waals surface area (Å²) in [7, 11) is 0. The summed E-state index contributed by atoms with van der Waals surface area (Å²) in [6, 6.07) is 8.19. The van der Waals surface area contributed by atoms with Gasteiger partial charge in [-0.15, -0.1) is 11.8 Å². The predicted molar refractivity (Wildman–Crippen MR) is 84.0 cm³/mol. The Kier molecular flexibility index (Phi) is 3.55. The predicted octanol–water partition coefficient (Wildman–Crippen LogP) is 1.83. The Morgan fingerprint density at radius 1 is 1.43 bits per heavy atom. The van der Waals surface area contributed by atoms with Gasteiger partial charge in [0, 0.05) is 22.5 Å². The number of rotatable bonds is 2. The molecule has 1 aliphatic heterocycles. The van der Waals surface area contributed by atoms with Crippen molar-refractivity contribution in [3.63, 3.8) is 0 Å². The van der Waals surface area contributed by atoms with E-state index in [1.54, 1.807) is 0 Å². The third-order valence-electron chi connectivity index (χ3n) is 5.17. The molecule has 1 aliphatic carbocycles. The van der Waals surface area contributed by atoms with Crippen molar-refractivity contribution >= 4 is 17.7 Å². The van der Waals surface area contributed by atoms with Crippen LogP contribution >= 0.6 is 11.8 Å². The van der Waals surface area contributed by atoms with E-state index in [2.05, 4.69) is 17.4 Å². The molecule has 0 saturated heterocycles. The Balaban J connectivity index is 1.78. The fraction of sp³-hybridized carbons (Fsp3) is 0.562. The smallest absolute Gasteiger partial charge is 0.241 e. The number of carbonyl (C=O) groups excluding carboxylic acids is 1. The summed E-state index contributed by atoms with van der Waals surface area (Å²) in [4.78, 5) is 13.9. The van der Waals surface area contributed by atoms with Crippen LogP contribution < -0.4 is 11.1 Å². The van der Waals surface area contributed by atoms with Crippen molar-refractivity contribution in [1.29, 1.82) is 0 Å². The molecular formula is C16H22N2O2S. The molecule has 1 saturated carbocycles. The molecule has 3 atom stereocenters. The first-order valence-electron chi connectivity index (χ1n) is 7.36. The molecule has 0 radical (unpaired) electrons. The molecule has 1 aromatic carbocycles. The number of thioether (sulfide) groups is 1. The molecule has 1 fully saturated rings. The first-order chi connectivity index (χ1) is 9.86. The van der Waals surface area contributed by atoms with Gasteiger partial charge in [-0.25, -0.2) is 0 Å². The van der Waals surface area contributed by atoms with Crippen molar-refractivity contribution < 1.29 is 9.90 Å². The van der Waals surface area contributed by atoms with Crippen molar-refractivity contribution in [2.45, 2.75) is 49.3 Å². The van der Waals surface area contributed by atoms with Gasteiger partial charge in [-0.05, 0) is 18.1 Å². The lowest BCUT2D eigenvalue weighted by Gasteiger charge is -2.56. The molecule has 0 bridgehead atoms. The molecule has 0 spiro atoms.